The quantitative estimate of drug-likeness (QED) is 0.598. The topological polar surface area (TPSA) is 77.8 Å². The number of rotatable bonds is 0. The minimum atomic E-state index is -2.11. The molecule has 4 rings (SSSR count). The van der Waals surface area contributed by atoms with E-state index in [1.54, 1.807) is 0 Å². The van der Waals surface area contributed by atoms with Crippen LogP contribution in [0.3, 0.4) is 0 Å². The Kier molecular flexibility index (Phi) is 3.35. The van der Waals surface area contributed by atoms with Gasteiger partial charge in [-0.1, -0.05) is 20.3 Å². The van der Waals surface area contributed by atoms with E-state index in [1.165, 1.54) is 25.7 Å². The molecule has 130 valence electrons. The Hall–Kier alpha value is -0.450. The van der Waals surface area contributed by atoms with Crippen LogP contribution in [-0.2, 0) is 4.79 Å². The van der Waals surface area contributed by atoms with E-state index < -0.39 is 11.9 Å². The van der Waals surface area contributed by atoms with Gasteiger partial charge in [0, 0.05) is 18.8 Å². The molecule has 0 aromatic rings. The van der Waals surface area contributed by atoms with Crippen LogP contribution in [0.2, 0.25) is 0 Å². The summed E-state index contributed by atoms with van der Waals surface area (Å²) >= 11 is 0. The zero-order chi connectivity index (χ0) is 16.6. The average molecular weight is 322 g/mol. The molecule has 4 fully saturated rings. The van der Waals surface area contributed by atoms with Gasteiger partial charge in [0.25, 0.3) is 0 Å². The highest BCUT2D eigenvalue weighted by molar-refractivity contribution is 5.83. The normalized spacial score (nSPS) is 55.0. The predicted molar refractivity (Wildman–Crippen MR) is 85.3 cm³/mol. The first kappa shape index (κ1) is 16.0. The lowest BCUT2D eigenvalue weighted by molar-refractivity contribution is -0.278. The standard InChI is InChI=1S/C19H30O4/c1-17-6-3-4-12(17)11-8-15(20)14-9-19(22,23)16(21)10-18(14,2)13(11)5-7-17/h11-14,16,21-23H,3-10H2,1-2H3/t11-,12-,13-,14+,16?,17-,18+/m0/s1. The van der Waals surface area contributed by atoms with E-state index in [0.29, 0.717) is 36.0 Å². The number of hydrogen-bond donors (Lipinski definition) is 3. The number of aliphatic hydroxyl groups is 3. The third-order valence-electron chi connectivity index (χ3n) is 8.36. The molecule has 3 N–H and O–H groups in total. The van der Waals surface area contributed by atoms with Crippen molar-refractivity contribution in [3.05, 3.63) is 0 Å². The molecule has 4 nitrogen and oxygen atoms in total. The molecule has 4 heteroatoms. The summed E-state index contributed by atoms with van der Waals surface area (Å²) in [6.45, 7) is 4.53. The highest BCUT2D eigenvalue weighted by Gasteiger charge is 2.63. The van der Waals surface area contributed by atoms with Crippen LogP contribution >= 0.6 is 0 Å². The van der Waals surface area contributed by atoms with Gasteiger partial charge < -0.3 is 15.3 Å². The van der Waals surface area contributed by atoms with Crippen molar-refractivity contribution in [1.29, 1.82) is 0 Å². The van der Waals surface area contributed by atoms with Gasteiger partial charge in [0.05, 0.1) is 0 Å². The minimum Gasteiger partial charge on any atom is -0.388 e. The molecule has 0 aromatic carbocycles. The third kappa shape index (κ3) is 2.11. The van der Waals surface area contributed by atoms with E-state index in [-0.39, 0.29) is 23.5 Å². The number of ketones is 1. The summed E-state index contributed by atoms with van der Waals surface area (Å²) < 4.78 is 0. The van der Waals surface area contributed by atoms with Gasteiger partial charge in [0.2, 0.25) is 0 Å². The summed E-state index contributed by atoms with van der Waals surface area (Å²) in [7, 11) is 0. The Balaban J connectivity index is 1.70. The van der Waals surface area contributed by atoms with Crippen LogP contribution < -0.4 is 0 Å². The number of carbonyl (C=O) groups excluding carboxylic acids is 1. The number of aliphatic hydroxyl groups excluding tert-OH is 1. The van der Waals surface area contributed by atoms with Gasteiger partial charge in [-0.3, -0.25) is 4.79 Å². The molecule has 4 saturated carbocycles. The third-order valence-corrected chi connectivity index (χ3v) is 8.36. The smallest absolute Gasteiger partial charge is 0.190 e. The van der Waals surface area contributed by atoms with Crippen LogP contribution in [0.25, 0.3) is 0 Å². The molecule has 0 spiro atoms. The van der Waals surface area contributed by atoms with E-state index in [0.717, 1.165) is 6.42 Å². The van der Waals surface area contributed by atoms with Crippen LogP contribution in [0.4, 0.5) is 0 Å². The fourth-order valence-electron chi connectivity index (χ4n) is 7.04. The summed E-state index contributed by atoms with van der Waals surface area (Å²) in [5, 5.41) is 30.4. The van der Waals surface area contributed by atoms with Crippen molar-refractivity contribution in [3.63, 3.8) is 0 Å². The fourth-order valence-corrected chi connectivity index (χ4v) is 7.04. The molecule has 0 radical (unpaired) electrons. The van der Waals surface area contributed by atoms with Crippen molar-refractivity contribution in [3.8, 4) is 0 Å². The maximum absolute atomic E-state index is 12.9. The zero-order valence-electron chi connectivity index (χ0n) is 14.3. The molecule has 4 aliphatic carbocycles. The number of Topliss-reactive ketones (excluding diaryl/α,β-unsaturated/α-hetero) is 1. The predicted octanol–water partition coefficient (Wildman–Crippen LogP) is 2.25. The second-order valence-electron chi connectivity index (χ2n) is 9.49. The van der Waals surface area contributed by atoms with Crippen LogP contribution in [0.15, 0.2) is 0 Å². The van der Waals surface area contributed by atoms with Gasteiger partial charge in [-0.2, -0.15) is 0 Å². The Labute approximate surface area is 138 Å². The molecule has 23 heavy (non-hydrogen) atoms. The Morgan fingerprint density at radius 1 is 1.04 bits per heavy atom. The van der Waals surface area contributed by atoms with Gasteiger partial charge in [-0.15, -0.1) is 0 Å². The molecular formula is C19H30O4. The molecule has 4 aliphatic rings. The monoisotopic (exact) mass is 322 g/mol. The van der Waals surface area contributed by atoms with Gasteiger partial charge in [-0.25, -0.2) is 0 Å². The van der Waals surface area contributed by atoms with Crippen molar-refractivity contribution in [2.45, 2.75) is 77.1 Å². The largest absolute Gasteiger partial charge is 0.388 e. The van der Waals surface area contributed by atoms with Crippen molar-refractivity contribution >= 4 is 5.78 Å². The molecule has 0 bridgehead atoms. The molecular weight excluding hydrogens is 292 g/mol. The van der Waals surface area contributed by atoms with Crippen molar-refractivity contribution in [1.82, 2.24) is 0 Å². The number of fused-ring (bicyclic) bond motifs is 5. The maximum atomic E-state index is 12.9. The van der Waals surface area contributed by atoms with E-state index in [4.69, 9.17) is 0 Å². The van der Waals surface area contributed by atoms with Crippen LogP contribution in [0.5, 0.6) is 0 Å². The van der Waals surface area contributed by atoms with Gasteiger partial charge >= 0.3 is 0 Å². The molecule has 0 aliphatic heterocycles. The molecule has 0 aromatic heterocycles. The van der Waals surface area contributed by atoms with Gasteiger partial charge in [-0.05, 0) is 60.7 Å². The van der Waals surface area contributed by atoms with E-state index in [1.807, 2.05) is 0 Å². The minimum absolute atomic E-state index is 0.00530. The number of hydrogen-bond acceptors (Lipinski definition) is 4. The molecule has 0 saturated heterocycles. The Morgan fingerprint density at radius 3 is 2.52 bits per heavy atom. The summed E-state index contributed by atoms with van der Waals surface area (Å²) in [4.78, 5) is 12.9. The Morgan fingerprint density at radius 2 is 1.78 bits per heavy atom. The SMILES string of the molecule is C[C@@]12CCC[C@H]1[C@@H]1CC(=O)[C@H]3CC(O)(O)C(O)C[C@]3(C)[C@H]1CC2. The Bertz CT molecular complexity index is 529. The van der Waals surface area contributed by atoms with Gasteiger partial charge in [0.1, 0.15) is 11.9 Å². The van der Waals surface area contributed by atoms with E-state index >= 15 is 0 Å². The van der Waals surface area contributed by atoms with E-state index in [9.17, 15) is 20.1 Å². The summed E-state index contributed by atoms with van der Waals surface area (Å²) in [6, 6.07) is 0. The van der Waals surface area contributed by atoms with Crippen molar-refractivity contribution in [2.24, 2.45) is 34.5 Å². The lowest BCUT2D eigenvalue weighted by atomic mass is 9.44. The second-order valence-corrected chi connectivity index (χ2v) is 9.49. The molecule has 1 unspecified atom stereocenters. The molecule has 0 heterocycles. The second kappa shape index (κ2) is 4.80. The maximum Gasteiger partial charge on any atom is 0.190 e. The molecule has 7 atom stereocenters. The summed E-state index contributed by atoms with van der Waals surface area (Å²) in [6.07, 6.45) is 5.92. The molecule has 0 amide bonds. The first-order valence-electron chi connectivity index (χ1n) is 9.33. The first-order valence-corrected chi connectivity index (χ1v) is 9.33. The summed E-state index contributed by atoms with van der Waals surface area (Å²) in [5.74, 6) is -0.718. The first-order chi connectivity index (χ1) is 10.7. The fraction of sp³-hybridized carbons (Fsp3) is 0.947. The lowest BCUT2D eigenvalue weighted by Crippen LogP contribution is -2.62. The van der Waals surface area contributed by atoms with Crippen molar-refractivity contribution in [2.75, 3.05) is 0 Å². The van der Waals surface area contributed by atoms with Crippen LogP contribution in [0, 0.1) is 34.5 Å². The lowest BCUT2D eigenvalue weighted by Gasteiger charge is -2.60. The summed E-state index contributed by atoms with van der Waals surface area (Å²) in [5.41, 5.74) is 0.119. The van der Waals surface area contributed by atoms with Crippen molar-refractivity contribution < 1.29 is 20.1 Å². The highest BCUT2D eigenvalue weighted by atomic mass is 16.5. The zero-order valence-corrected chi connectivity index (χ0v) is 14.3. The number of carbonyl (C=O) groups is 1. The van der Waals surface area contributed by atoms with Crippen LogP contribution in [-0.4, -0.2) is 33.0 Å². The average Bonchev–Trinajstić information content (AvgIpc) is 2.84. The van der Waals surface area contributed by atoms with E-state index in [2.05, 4.69) is 13.8 Å². The van der Waals surface area contributed by atoms with Crippen LogP contribution in [0.1, 0.15) is 65.2 Å². The van der Waals surface area contributed by atoms with Gasteiger partial charge in [0.15, 0.2) is 5.79 Å². The highest BCUT2D eigenvalue weighted by Crippen LogP contribution is 2.65.